The summed E-state index contributed by atoms with van der Waals surface area (Å²) < 4.78 is 17.9. The fourth-order valence-corrected chi connectivity index (χ4v) is 5.74. The maximum Gasteiger partial charge on any atom is 0.330 e. The van der Waals surface area contributed by atoms with Crippen molar-refractivity contribution in [2.75, 3.05) is 19.8 Å². The van der Waals surface area contributed by atoms with Crippen LogP contribution in [-0.2, 0) is 9.53 Å². The standard InChI is InChI=1S/C40H51N5O4S/c1-5-38(46)49-28-15-13-11-9-7-8-10-12-14-27-47-34-22-20-33(21-23-34)43-42-31-16-18-32(19-17-31)44-45-39-41-36-25-24-35(30-37(36)50-39)48-29-26-40(3,4)6-2/h5,16-25,30H,1,6-15,26-29H2,2-4H3. The van der Waals surface area contributed by atoms with Gasteiger partial charge in [-0.25, -0.2) is 9.78 Å². The van der Waals surface area contributed by atoms with Crippen molar-refractivity contribution < 1.29 is 19.0 Å². The summed E-state index contributed by atoms with van der Waals surface area (Å²) in [6, 6.07) is 21.1. The number of esters is 1. The van der Waals surface area contributed by atoms with Crippen molar-refractivity contribution in [3.8, 4) is 11.5 Å². The van der Waals surface area contributed by atoms with Crippen molar-refractivity contribution >= 4 is 49.7 Å². The van der Waals surface area contributed by atoms with Gasteiger partial charge in [-0.3, -0.25) is 0 Å². The molecule has 0 aliphatic heterocycles. The van der Waals surface area contributed by atoms with E-state index in [-0.39, 0.29) is 11.4 Å². The number of hydrogen-bond donors (Lipinski definition) is 0. The summed E-state index contributed by atoms with van der Waals surface area (Å²) in [5, 5.41) is 18.0. The number of aromatic nitrogens is 1. The molecule has 0 aliphatic rings. The van der Waals surface area contributed by atoms with Crippen LogP contribution in [0.15, 0.2) is 99.8 Å². The predicted octanol–water partition coefficient (Wildman–Crippen LogP) is 13.0. The van der Waals surface area contributed by atoms with Gasteiger partial charge in [-0.05, 0) is 91.4 Å². The van der Waals surface area contributed by atoms with Crippen molar-refractivity contribution in [2.24, 2.45) is 25.9 Å². The summed E-state index contributed by atoms with van der Waals surface area (Å²) in [6.07, 6.45) is 13.7. The van der Waals surface area contributed by atoms with Crippen molar-refractivity contribution in [3.05, 3.63) is 79.4 Å². The number of benzene rings is 3. The first-order chi connectivity index (χ1) is 24.3. The lowest BCUT2D eigenvalue weighted by atomic mass is 9.87. The number of carbonyl (C=O) groups is 1. The van der Waals surface area contributed by atoms with E-state index in [0.29, 0.717) is 30.6 Å². The second kappa shape index (κ2) is 20.9. The topological polar surface area (TPSA) is 107 Å². The predicted molar refractivity (Wildman–Crippen MR) is 203 cm³/mol. The second-order valence-corrected chi connectivity index (χ2v) is 14.1. The van der Waals surface area contributed by atoms with Crippen molar-refractivity contribution in [1.29, 1.82) is 0 Å². The van der Waals surface area contributed by atoms with Gasteiger partial charge in [0.1, 0.15) is 11.5 Å². The lowest BCUT2D eigenvalue weighted by molar-refractivity contribution is -0.137. The highest BCUT2D eigenvalue weighted by Crippen LogP contribution is 2.33. The van der Waals surface area contributed by atoms with Crippen LogP contribution in [0.25, 0.3) is 10.2 Å². The molecule has 0 radical (unpaired) electrons. The van der Waals surface area contributed by atoms with Crippen LogP contribution < -0.4 is 9.47 Å². The summed E-state index contributed by atoms with van der Waals surface area (Å²) in [5.41, 5.74) is 3.36. The Hall–Kier alpha value is -4.44. The summed E-state index contributed by atoms with van der Waals surface area (Å²) in [6.45, 7) is 12.0. The van der Waals surface area contributed by atoms with Crippen LogP contribution in [-0.4, -0.2) is 30.8 Å². The molecule has 266 valence electrons. The van der Waals surface area contributed by atoms with Gasteiger partial charge in [0.25, 0.3) is 0 Å². The molecule has 4 rings (SSSR count). The van der Waals surface area contributed by atoms with E-state index in [2.05, 4.69) is 52.8 Å². The molecule has 1 heterocycles. The highest BCUT2D eigenvalue weighted by atomic mass is 32.1. The number of hydrogen-bond acceptors (Lipinski definition) is 10. The number of nitrogens with zero attached hydrogens (tertiary/aromatic N) is 5. The first-order valence-corrected chi connectivity index (χ1v) is 18.6. The van der Waals surface area contributed by atoms with Gasteiger partial charge >= 0.3 is 5.97 Å². The van der Waals surface area contributed by atoms with E-state index in [9.17, 15) is 4.79 Å². The van der Waals surface area contributed by atoms with E-state index < -0.39 is 0 Å². The minimum absolute atomic E-state index is 0.281. The molecule has 50 heavy (non-hydrogen) atoms. The minimum Gasteiger partial charge on any atom is -0.494 e. The molecule has 0 fully saturated rings. The Balaban J connectivity index is 1.10. The average Bonchev–Trinajstić information content (AvgIpc) is 3.55. The molecule has 0 atom stereocenters. The summed E-state index contributed by atoms with van der Waals surface area (Å²) >= 11 is 1.49. The largest absolute Gasteiger partial charge is 0.494 e. The Labute approximate surface area is 300 Å². The van der Waals surface area contributed by atoms with E-state index in [1.165, 1.54) is 55.9 Å². The Kier molecular flexibility index (Phi) is 16.1. The van der Waals surface area contributed by atoms with E-state index in [0.717, 1.165) is 65.2 Å². The first-order valence-electron chi connectivity index (χ1n) is 17.8. The van der Waals surface area contributed by atoms with Gasteiger partial charge in [-0.1, -0.05) is 90.1 Å². The van der Waals surface area contributed by atoms with Gasteiger partial charge < -0.3 is 14.2 Å². The SMILES string of the molecule is C=CC(=O)OCCCCCCCCCCCOc1ccc(N=Nc2ccc(N=Nc3nc4ccc(OCCC(C)(C)CC)cc4s3)cc2)cc1. The van der Waals surface area contributed by atoms with Gasteiger partial charge in [-0.15, -0.1) is 10.2 Å². The smallest absolute Gasteiger partial charge is 0.330 e. The molecule has 0 N–H and O–H groups in total. The molecule has 4 aromatic rings. The Morgan fingerprint density at radius 3 is 1.84 bits per heavy atom. The quantitative estimate of drug-likeness (QED) is 0.0332. The van der Waals surface area contributed by atoms with Gasteiger partial charge in [-0.2, -0.15) is 10.2 Å². The number of fused-ring (bicyclic) bond motifs is 1. The summed E-state index contributed by atoms with van der Waals surface area (Å²) in [4.78, 5) is 15.6. The molecule has 10 heteroatoms. The number of thiazole rings is 1. The average molecular weight is 698 g/mol. The number of carbonyl (C=O) groups excluding carboxylic acids is 1. The van der Waals surface area contributed by atoms with E-state index >= 15 is 0 Å². The molecule has 0 spiro atoms. The normalized spacial score (nSPS) is 11.8. The number of unbranched alkanes of at least 4 members (excludes halogenated alkanes) is 8. The first kappa shape index (κ1) is 38.4. The van der Waals surface area contributed by atoms with Crippen LogP contribution in [0.5, 0.6) is 11.5 Å². The van der Waals surface area contributed by atoms with Gasteiger partial charge in [0.05, 0.1) is 47.1 Å². The molecule has 1 aromatic heterocycles. The molecule has 0 saturated heterocycles. The van der Waals surface area contributed by atoms with E-state index in [4.69, 9.17) is 14.2 Å². The zero-order valence-electron chi connectivity index (χ0n) is 29.8. The zero-order valence-corrected chi connectivity index (χ0v) is 30.6. The van der Waals surface area contributed by atoms with Crippen LogP contribution in [0.4, 0.5) is 22.2 Å². The number of ether oxygens (including phenoxy) is 3. The molecule has 9 nitrogen and oxygen atoms in total. The fourth-order valence-electron chi connectivity index (χ4n) is 4.92. The Morgan fingerprint density at radius 2 is 1.24 bits per heavy atom. The van der Waals surface area contributed by atoms with Crippen molar-refractivity contribution in [3.63, 3.8) is 0 Å². The molecule has 0 bridgehead atoms. The zero-order chi connectivity index (χ0) is 35.4. The third-order valence-corrected chi connectivity index (χ3v) is 9.44. The Bertz CT molecular complexity index is 1670. The van der Waals surface area contributed by atoms with Crippen LogP contribution in [0.1, 0.15) is 91.4 Å². The fraction of sp³-hybridized carbons (Fsp3) is 0.450. The molecule has 0 aliphatic carbocycles. The Morgan fingerprint density at radius 1 is 0.720 bits per heavy atom. The molecular formula is C40H51N5O4S. The molecule has 3 aromatic carbocycles. The minimum atomic E-state index is -0.336. The van der Waals surface area contributed by atoms with E-state index in [1.807, 2.05) is 66.7 Å². The third-order valence-electron chi connectivity index (χ3n) is 8.54. The van der Waals surface area contributed by atoms with Crippen LogP contribution in [0.3, 0.4) is 0 Å². The van der Waals surface area contributed by atoms with Crippen LogP contribution in [0, 0.1) is 5.41 Å². The molecule has 0 saturated carbocycles. The monoisotopic (exact) mass is 697 g/mol. The van der Waals surface area contributed by atoms with Gasteiger partial charge in [0.15, 0.2) is 0 Å². The molecular weight excluding hydrogens is 647 g/mol. The van der Waals surface area contributed by atoms with Crippen molar-refractivity contribution in [1.82, 2.24) is 4.98 Å². The lowest BCUT2D eigenvalue weighted by Gasteiger charge is -2.22. The van der Waals surface area contributed by atoms with Crippen LogP contribution >= 0.6 is 11.3 Å². The van der Waals surface area contributed by atoms with Gasteiger partial charge in [0, 0.05) is 6.08 Å². The maximum absolute atomic E-state index is 11.0. The van der Waals surface area contributed by atoms with Crippen molar-refractivity contribution in [2.45, 2.75) is 91.4 Å². The summed E-state index contributed by atoms with van der Waals surface area (Å²) in [5.74, 6) is 1.36. The highest BCUT2D eigenvalue weighted by molar-refractivity contribution is 7.21. The molecule has 0 unspecified atom stereocenters. The number of azo groups is 2. The van der Waals surface area contributed by atoms with E-state index in [1.54, 1.807) is 0 Å². The summed E-state index contributed by atoms with van der Waals surface area (Å²) in [7, 11) is 0. The number of rotatable bonds is 23. The highest BCUT2D eigenvalue weighted by Gasteiger charge is 2.15. The van der Waals surface area contributed by atoms with Gasteiger partial charge in [0.2, 0.25) is 5.13 Å². The lowest BCUT2D eigenvalue weighted by Crippen LogP contribution is -2.14. The second-order valence-electron chi connectivity index (χ2n) is 13.1. The molecule has 0 amide bonds. The maximum atomic E-state index is 11.0. The van der Waals surface area contributed by atoms with Crippen LogP contribution in [0.2, 0.25) is 0 Å². The third kappa shape index (κ3) is 14.2.